The van der Waals surface area contributed by atoms with Crippen LogP contribution in [0.15, 0.2) is 6.07 Å². The summed E-state index contributed by atoms with van der Waals surface area (Å²) in [4.78, 5) is 0. The summed E-state index contributed by atoms with van der Waals surface area (Å²) in [7, 11) is 0. The number of aryl methyl sites for hydroxylation is 1. The summed E-state index contributed by atoms with van der Waals surface area (Å²) in [6, 6.07) is 2.00. The number of rotatable bonds is 2. The van der Waals surface area contributed by atoms with Gasteiger partial charge in [0.2, 0.25) is 0 Å². The topological polar surface area (TPSA) is 69.1 Å². The van der Waals surface area contributed by atoms with Crippen molar-refractivity contribution >= 4 is 5.65 Å². The fourth-order valence-electron chi connectivity index (χ4n) is 2.30. The molecule has 0 saturated heterocycles. The molecular formula is C11H15N5. The first-order valence-corrected chi connectivity index (χ1v) is 5.75. The Labute approximate surface area is 93.7 Å². The van der Waals surface area contributed by atoms with Gasteiger partial charge in [-0.25, -0.2) is 4.52 Å². The van der Waals surface area contributed by atoms with E-state index in [1.165, 1.54) is 5.69 Å². The van der Waals surface area contributed by atoms with Crippen molar-refractivity contribution in [1.29, 1.82) is 0 Å². The molecule has 3 rings (SSSR count). The Morgan fingerprint density at radius 3 is 3.06 bits per heavy atom. The number of hydrogen-bond donors (Lipinski definition) is 1. The van der Waals surface area contributed by atoms with E-state index in [1.54, 1.807) is 0 Å². The summed E-state index contributed by atoms with van der Waals surface area (Å²) < 4.78 is 1.94. The minimum atomic E-state index is 0.504. The molecule has 0 saturated carbocycles. The molecule has 0 aliphatic heterocycles. The van der Waals surface area contributed by atoms with Gasteiger partial charge in [0.05, 0.1) is 17.1 Å². The van der Waals surface area contributed by atoms with E-state index in [9.17, 15) is 0 Å². The van der Waals surface area contributed by atoms with E-state index in [1.807, 2.05) is 10.6 Å². The van der Waals surface area contributed by atoms with Gasteiger partial charge in [0.25, 0.3) is 0 Å². The molecule has 2 aromatic rings. The molecule has 84 valence electrons. The van der Waals surface area contributed by atoms with Crippen molar-refractivity contribution in [2.24, 2.45) is 11.7 Å². The van der Waals surface area contributed by atoms with Crippen LogP contribution in [0.25, 0.3) is 5.65 Å². The molecule has 1 aliphatic carbocycles. The summed E-state index contributed by atoms with van der Waals surface area (Å²) in [6.45, 7) is 2.80. The predicted octanol–water partition coefficient (Wildman–Crippen LogP) is 0.360. The molecule has 0 bridgehead atoms. The lowest BCUT2D eigenvalue weighted by Crippen LogP contribution is -2.14. The summed E-state index contributed by atoms with van der Waals surface area (Å²) in [5, 5.41) is 13.0. The normalized spacial score (nSPS) is 19.2. The fourth-order valence-corrected chi connectivity index (χ4v) is 2.30. The SMILES string of the molecule is CCc1cc2nnc3c(n2n1)CC(CN)C3. The lowest BCUT2D eigenvalue weighted by molar-refractivity contribution is 0.565. The molecule has 0 amide bonds. The van der Waals surface area contributed by atoms with Crippen molar-refractivity contribution in [2.75, 3.05) is 6.54 Å². The van der Waals surface area contributed by atoms with Crippen LogP contribution in [0.4, 0.5) is 0 Å². The van der Waals surface area contributed by atoms with Gasteiger partial charge in [-0.05, 0) is 31.7 Å². The highest BCUT2D eigenvalue weighted by molar-refractivity contribution is 5.41. The van der Waals surface area contributed by atoms with E-state index in [4.69, 9.17) is 5.73 Å². The van der Waals surface area contributed by atoms with E-state index in [0.29, 0.717) is 12.5 Å². The van der Waals surface area contributed by atoms with E-state index < -0.39 is 0 Å². The summed E-state index contributed by atoms with van der Waals surface area (Å²) in [5.74, 6) is 0.504. The summed E-state index contributed by atoms with van der Waals surface area (Å²) >= 11 is 0. The molecule has 1 atom stereocenters. The largest absolute Gasteiger partial charge is 0.330 e. The molecule has 5 heteroatoms. The third kappa shape index (κ3) is 1.31. The number of aromatic nitrogens is 4. The van der Waals surface area contributed by atoms with Gasteiger partial charge in [-0.1, -0.05) is 6.92 Å². The molecule has 1 aliphatic rings. The van der Waals surface area contributed by atoms with Crippen molar-refractivity contribution < 1.29 is 0 Å². The average Bonchev–Trinajstić information content (AvgIpc) is 2.90. The molecule has 2 aromatic heterocycles. The standard InChI is InChI=1S/C11H15N5/c1-2-8-5-11-14-13-9-3-7(6-12)4-10(9)16(11)15-8/h5,7H,2-4,6,12H2,1H3. The van der Waals surface area contributed by atoms with Crippen LogP contribution in [-0.2, 0) is 19.3 Å². The Kier molecular flexibility index (Phi) is 2.14. The van der Waals surface area contributed by atoms with Gasteiger partial charge < -0.3 is 5.73 Å². The highest BCUT2D eigenvalue weighted by Crippen LogP contribution is 2.24. The molecule has 0 radical (unpaired) electrons. The average molecular weight is 217 g/mol. The Bertz CT molecular complexity index is 530. The maximum atomic E-state index is 5.71. The first kappa shape index (κ1) is 9.72. The molecule has 1 unspecified atom stereocenters. The van der Waals surface area contributed by atoms with Crippen LogP contribution in [0.3, 0.4) is 0 Å². The quantitative estimate of drug-likeness (QED) is 0.788. The van der Waals surface area contributed by atoms with Crippen molar-refractivity contribution in [3.63, 3.8) is 0 Å². The lowest BCUT2D eigenvalue weighted by atomic mass is 10.1. The lowest BCUT2D eigenvalue weighted by Gasteiger charge is -2.01. The van der Waals surface area contributed by atoms with E-state index in [-0.39, 0.29) is 0 Å². The second-order valence-corrected chi connectivity index (χ2v) is 4.36. The number of hydrogen-bond acceptors (Lipinski definition) is 4. The van der Waals surface area contributed by atoms with Crippen LogP contribution in [0.1, 0.15) is 24.0 Å². The monoisotopic (exact) mass is 217 g/mol. The Balaban J connectivity index is 2.15. The zero-order valence-corrected chi connectivity index (χ0v) is 9.35. The van der Waals surface area contributed by atoms with Crippen molar-refractivity contribution in [2.45, 2.75) is 26.2 Å². The number of nitrogens with two attached hydrogens (primary N) is 1. The van der Waals surface area contributed by atoms with Crippen LogP contribution >= 0.6 is 0 Å². The maximum absolute atomic E-state index is 5.71. The zero-order chi connectivity index (χ0) is 11.1. The Morgan fingerprint density at radius 1 is 1.44 bits per heavy atom. The number of nitrogens with zero attached hydrogens (tertiary/aromatic N) is 4. The molecule has 2 N–H and O–H groups in total. The second-order valence-electron chi connectivity index (χ2n) is 4.36. The van der Waals surface area contributed by atoms with Gasteiger partial charge in [-0.3, -0.25) is 0 Å². The fraction of sp³-hybridized carbons (Fsp3) is 0.545. The van der Waals surface area contributed by atoms with Crippen LogP contribution in [0.2, 0.25) is 0 Å². The van der Waals surface area contributed by atoms with Gasteiger partial charge in [-0.2, -0.15) is 10.2 Å². The molecule has 0 fully saturated rings. The van der Waals surface area contributed by atoms with Crippen LogP contribution in [-0.4, -0.2) is 26.4 Å². The third-order valence-corrected chi connectivity index (χ3v) is 3.26. The highest BCUT2D eigenvalue weighted by Gasteiger charge is 2.25. The smallest absolute Gasteiger partial charge is 0.177 e. The Hall–Kier alpha value is -1.49. The molecule has 0 spiro atoms. The van der Waals surface area contributed by atoms with Gasteiger partial charge in [-0.15, -0.1) is 5.10 Å². The second kappa shape index (κ2) is 3.52. The van der Waals surface area contributed by atoms with Gasteiger partial charge >= 0.3 is 0 Å². The van der Waals surface area contributed by atoms with Crippen LogP contribution < -0.4 is 5.73 Å². The van der Waals surface area contributed by atoms with Crippen molar-refractivity contribution in [3.8, 4) is 0 Å². The molecule has 2 heterocycles. The summed E-state index contributed by atoms with van der Waals surface area (Å²) in [5.41, 5.74) is 9.89. The van der Waals surface area contributed by atoms with Crippen LogP contribution in [0.5, 0.6) is 0 Å². The molecule has 0 aromatic carbocycles. The van der Waals surface area contributed by atoms with Gasteiger partial charge in [0.15, 0.2) is 5.65 Å². The summed E-state index contributed by atoms with van der Waals surface area (Å²) in [6.07, 6.45) is 2.84. The van der Waals surface area contributed by atoms with E-state index in [0.717, 1.165) is 36.3 Å². The molecular weight excluding hydrogens is 202 g/mol. The first-order chi connectivity index (χ1) is 7.81. The van der Waals surface area contributed by atoms with E-state index in [2.05, 4.69) is 22.2 Å². The molecule has 5 nitrogen and oxygen atoms in total. The Morgan fingerprint density at radius 2 is 2.31 bits per heavy atom. The third-order valence-electron chi connectivity index (χ3n) is 3.26. The van der Waals surface area contributed by atoms with Crippen molar-refractivity contribution in [1.82, 2.24) is 19.8 Å². The van der Waals surface area contributed by atoms with Crippen LogP contribution in [0, 0.1) is 5.92 Å². The van der Waals surface area contributed by atoms with E-state index >= 15 is 0 Å². The molecule has 16 heavy (non-hydrogen) atoms. The van der Waals surface area contributed by atoms with Gasteiger partial charge in [0.1, 0.15) is 0 Å². The van der Waals surface area contributed by atoms with Gasteiger partial charge in [0, 0.05) is 6.07 Å². The first-order valence-electron chi connectivity index (χ1n) is 5.75. The zero-order valence-electron chi connectivity index (χ0n) is 9.35. The number of fused-ring (bicyclic) bond motifs is 3. The highest BCUT2D eigenvalue weighted by atomic mass is 15.3. The van der Waals surface area contributed by atoms with Crippen molar-refractivity contribution in [3.05, 3.63) is 23.1 Å². The maximum Gasteiger partial charge on any atom is 0.177 e. The minimum Gasteiger partial charge on any atom is -0.330 e. The minimum absolute atomic E-state index is 0.504. The predicted molar refractivity (Wildman–Crippen MR) is 60.1 cm³/mol.